The summed E-state index contributed by atoms with van der Waals surface area (Å²) in [5.74, 6) is 0. The summed E-state index contributed by atoms with van der Waals surface area (Å²) >= 11 is 5.14. The maximum absolute atomic E-state index is 10.6. The molecule has 0 rings (SSSR count). The Bertz CT molecular complexity index is 173. The fourth-order valence-corrected chi connectivity index (χ4v) is 2.30. The van der Waals surface area contributed by atoms with Crippen LogP contribution in [0, 0.1) is 0 Å². The molecular formula is C3H8NO3PS2. The minimum absolute atomic E-state index is 0.382. The van der Waals surface area contributed by atoms with E-state index in [1.165, 1.54) is 14.2 Å². The first-order valence-electron chi connectivity index (χ1n) is 2.31. The van der Waals surface area contributed by atoms with Crippen LogP contribution in [0.2, 0.25) is 0 Å². The lowest BCUT2D eigenvalue weighted by Crippen LogP contribution is -2.10. The minimum Gasteiger partial charge on any atom is -0.350 e. The van der Waals surface area contributed by atoms with Crippen molar-refractivity contribution in [3.8, 4) is 0 Å². The summed E-state index contributed by atoms with van der Waals surface area (Å²) < 4.78 is 4.49. The van der Waals surface area contributed by atoms with Crippen LogP contribution in [0.1, 0.15) is 0 Å². The largest absolute Gasteiger partial charge is 0.350 e. The molecule has 0 saturated carbocycles. The van der Waals surface area contributed by atoms with Crippen molar-refractivity contribution < 1.29 is 14.2 Å². The van der Waals surface area contributed by atoms with E-state index >= 15 is 0 Å². The Morgan fingerprint density at radius 1 is 1.90 bits per heavy atom. The van der Waals surface area contributed by atoms with E-state index in [4.69, 9.17) is 4.89 Å². The number of carbonyl (C=O) groups is 1. The normalized spacial score (nSPS) is 15.9. The van der Waals surface area contributed by atoms with Gasteiger partial charge in [0.25, 0.3) is 10.9 Å². The SMILES string of the molecule is CNC(=O)SP(O)(=S)OC. The van der Waals surface area contributed by atoms with Crippen LogP contribution in [0.15, 0.2) is 0 Å². The average molecular weight is 201 g/mol. The average Bonchev–Trinajstić information content (AvgIpc) is 1.87. The third-order valence-electron chi connectivity index (χ3n) is 0.633. The van der Waals surface area contributed by atoms with Gasteiger partial charge in [-0.3, -0.25) is 4.79 Å². The second kappa shape index (κ2) is 4.31. The molecule has 2 N–H and O–H groups in total. The molecule has 60 valence electrons. The molecule has 0 aliphatic carbocycles. The first-order valence-corrected chi connectivity index (χ1v) is 6.41. The van der Waals surface area contributed by atoms with Crippen molar-refractivity contribution >= 4 is 34.1 Å². The van der Waals surface area contributed by atoms with Gasteiger partial charge in [0.2, 0.25) is 0 Å². The molecule has 0 fully saturated rings. The summed E-state index contributed by atoms with van der Waals surface area (Å²) in [7, 11) is 2.73. The van der Waals surface area contributed by atoms with Gasteiger partial charge in [-0.2, -0.15) is 0 Å². The highest BCUT2D eigenvalue weighted by Crippen LogP contribution is 2.55. The number of hydrogen-bond acceptors (Lipinski definition) is 4. The van der Waals surface area contributed by atoms with Gasteiger partial charge in [0.1, 0.15) is 0 Å². The molecule has 0 aromatic rings. The van der Waals surface area contributed by atoms with E-state index in [0.717, 1.165) is 0 Å². The van der Waals surface area contributed by atoms with Gasteiger partial charge in [-0.1, -0.05) is 0 Å². The molecule has 1 atom stereocenters. The van der Waals surface area contributed by atoms with Gasteiger partial charge in [0.15, 0.2) is 0 Å². The fourth-order valence-electron chi connectivity index (χ4n) is 0.188. The van der Waals surface area contributed by atoms with Crippen molar-refractivity contribution in [3.63, 3.8) is 0 Å². The van der Waals surface area contributed by atoms with Crippen molar-refractivity contribution in [1.82, 2.24) is 5.32 Å². The highest BCUT2D eigenvalue weighted by molar-refractivity contribution is 8.73. The van der Waals surface area contributed by atoms with E-state index in [-0.39, 0.29) is 5.24 Å². The van der Waals surface area contributed by atoms with Crippen LogP contribution in [0.3, 0.4) is 0 Å². The van der Waals surface area contributed by atoms with Gasteiger partial charge in [0.05, 0.1) is 0 Å². The Morgan fingerprint density at radius 2 is 2.40 bits per heavy atom. The second-order valence-electron chi connectivity index (χ2n) is 1.28. The van der Waals surface area contributed by atoms with Crippen LogP contribution in [0.25, 0.3) is 0 Å². The Kier molecular flexibility index (Phi) is 4.47. The molecule has 0 spiro atoms. The molecule has 0 aromatic heterocycles. The molecule has 0 aliphatic rings. The second-order valence-corrected chi connectivity index (χ2v) is 7.35. The molecule has 0 saturated heterocycles. The summed E-state index contributed by atoms with van der Waals surface area (Å²) in [4.78, 5) is 19.6. The van der Waals surface area contributed by atoms with E-state index in [2.05, 4.69) is 21.6 Å². The molecule has 0 aromatic carbocycles. The third-order valence-corrected chi connectivity index (χ3v) is 4.45. The standard InChI is InChI=1S/C3H8NO3PS2/c1-4-3(5)10-8(6,9)7-2/h1-2H3,(H,4,5)(H,6,9). The van der Waals surface area contributed by atoms with Gasteiger partial charge in [-0.05, 0) is 11.8 Å². The monoisotopic (exact) mass is 201 g/mol. The van der Waals surface area contributed by atoms with Crippen LogP contribution in [0.4, 0.5) is 4.79 Å². The van der Waals surface area contributed by atoms with Gasteiger partial charge in [-0.15, -0.1) is 0 Å². The summed E-state index contributed by atoms with van der Waals surface area (Å²) in [6, 6.07) is 0. The topological polar surface area (TPSA) is 58.6 Å². The first kappa shape index (κ1) is 10.4. The zero-order valence-electron chi connectivity index (χ0n) is 5.53. The van der Waals surface area contributed by atoms with Crippen LogP contribution < -0.4 is 5.32 Å². The van der Waals surface area contributed by atoms with Gasteiger partial charge in [0, 0.05) is 25.5 Å². The lowest BCUT2D eigenvalue weighted by atomic mass is 11.2. The third kappa shape index (κ3) is 4.24. The van der Waals surface area contributed by atoms with Crippen molar-refractivity contribution in [3.05, 3.63) is 0 Å². The van der Waals surface area contributed by atoms with Crippen molar-refractivity contribution in [2.45, 2.75) is 0 Å². The van der Waals surface area contributed by atoms with E-state index in [1.807, 2.05) is 0 Å². The quantitative estimate of drug-likeness (QED) is 0.651. The Hall–Kier alpha value is 0.390. The molecule has 7 heteroatoms. The molecule has 1 unspecified atom stereocenters. The summed E-state index contributed by atoms with van der Waals surface area (Å²) in [5.41, 5.74) is -2.91. The van der Waals surface area contributed by atoms with Crippen molar-refractivity contribution in [2.24, 2.45) is 0 Å². The van der Waals surface area contributed by atoms with E-state index < -0.39 is 5.69 Å². The van der Waals surface area contributed by atoms with Gasteiger partial charge < -0.3 is 14.7 Å². The van der Waals surface area contributed by atoms with Crippen LogP contribution in [-0.4, -0.2) is 24.3 Å². The summed E-state index contributed by atoms with van der Waals surface area (Å²) in [6.45, 7) is 0. The van der Waals surface area contributed by atoms with Crippen molar-refractivity contribution in [2.75, 3.05) is 14.2 Å². The number of amides is 1. The number of rotatable bonds is 2. The van der Waals surface area contributed by atoms with Crippen LogP contribution in [-0.2, 0) is 16.3 Å². The van der Waals surface area contributed by atoms with E-state index in [9.17, 15) is 4.79 Å². The lowest BCUT2D eigenvalue weighted by molar-refractivity contribution is 0.262. The number of carbonyl (C=O) groups excluding carboxylic acids is 1. The molecule has 1 amide bonds. The predicted octanol–water partition coefficient (Wildman–Crippen LogP) is 0.922. The Balaban J connectivity index is 3.89. The zero-order valence-corrected chi connectivity index (χ0v) is 8.05. The minimum atomic E-state index is -2.91. The maximum atomic E-state index is 10.6. The number of hydrogen-bond donors (Lipinski definition) is 2. The molecule has 0 heterocycles. The van der Waals surface area contributed by atoms with Crippen LogP contribution in [0.5, 0.6) is 0 Å². The molecule has 10 heavy (non-hydrogen) atoms. The lowest BCUT2D eigenvalue weighted by Gasteiger charge is -2.08. The fraction of sp³-hybridized carbons (Fsp3) is 0.667. The Labute approximate surface area is 68.3 Å². The smallest absolute Gasteiger partial charge is 0.287 e. The molecule has 0 aliphatic heterocycles. The first-order chi connectivity index (χ1) is 4.52. The zero-order chi connectivity index (χ0) is 8.20. The highest BCUT2D eigenvalue weighted by atomic mass is 32.9. The van der Waals surface area contributed by atoms with E-state index in [1.54, 1.807) is 0 Å². The molecular weight excluding hydrogens is 193 g/mol. The van der Waals surface area contributed by atoms with Crippen molar-refractivity contribution in [1.29, 1.82) is 0 Å². The number of nitrogens with one attached hydrogen (secondary N) is 1. The summed E-state index contributed by atoms with van der Waals surface area (Å²) in [5, 5.41) is 1.92. The predicted molar refractivity (Wildman–Crippen MR) is 45.6 cm³/mol. The molecule has 4 nitrogen and oxygen atoms in total. The van der Waals surface area contributed by atoms with Gasteiger partial charge in [-0.25, -0.2) is 0 Å². The van der Waals surface area contributed by atoms with Crippen LogP contribution >= 0.6 is 17.1 Å². The summed E-state index contributed by atoms with van der Waals surface area (Å²) in [6.07, 6.45) is 0. The van der Waals surface area contributed by atoms with E-state index in [0.29, 0.717) is 11.4 Å². The highest BCUT2D eigenvalue weighted by Gasteiger charge is 2.16. The molecule has 0 radical (unpaired) electrons. The Morgan fingerprint density at radius 3 is 2.70 bits per heavy atom. The molecule has 0 bridgehead atoms. The van der Waals surface area contributed by atoms with Gasteiger partial charge >= 0.3 is 0 Å². The maximum Gasteiger partial charge on any atom is 0.287 e.